The zero-order valence-electron chi connectivity index (χ0n) is 22.1. The van der Waals surface area contributed by atoms with Crippen molar-refractivity contribution in [1.82, 2.24) is 39.4 Å². The van der Waals surface area contributed by atoms with Crippen LogP contribution in [0.4, 0.5) is 24.7 Å². The van der Waals surface area contributed by atoms with E-state index in [4.69, 9.17) is 4.74 Å². The third kappa shape index (κ3) is 4.98. The highest BCUT2D eigenvalue weighted by Gasteiger charge is 2.26. The molecule has 1 aliphatic heterocycles. The van der Waals surface area contributed by atoms with E-state index in [-0.39, 0.29) is 40.5 Å². The molecule has 0 fully saturated rings. The molecule has 0 saturated carbocycles. The Balaban J connectivity index is 1.31. The smallest absolute Gasteiger partial charge is 0.270 e. The van der Waals surface area contributed by atoms with Crippen molar-refractivity contribution in [1.29, 1.82) is 0 Å². The Bertz CT molecular complexity index is 1870. The molecule has 212 valence electrons. The van der Waals surface area contributed by atoms with Crippen LogP contribution in [0.25, 0.3) is 22.3 Å². The number of amides is 1. The van der Waals surface area contributed by atoms with Crippen LogP contribution < -0.4 is 10.1 Å². The SMILES string of the molecule is C=CC(=O)N1CC=C(c2ncc3ncnc(Nc4ccc(Oc5ccn6ncnc6c5)c(C(F)F)c4F)c3n2)C[C@@H]1C. The lowest BCUT2D eigenvalue weighted by Crippen LogP contribution is -2.40. The lowest BCUT2D eigenvalue weighted by molar-refractivity contribution is -0.127. The van der Waals surface area contributed by atoms with Gasteiger partial charge in [-0.15, -0.1) is 0 Å². The molecule has 0 bridgehead atoms. The molecule has 6 rings (SSSR count). The first kappa shape index (κ1) is 26.8. The summed E-state index contributed by atoms with van der Waals surface area (Å²) in [5.74, 6) is -1.05. The summed E-state index contributed by atoms with van der Waals surface area (Å²) in [7, 11) is 0. The van der Waals surface area contributed by atoms with E-state index in [0.29, 0.717) is 30.0 Å². The predicted octanol–water partition coefficient (Wildman–Crippen LogP) is 5.27. The highest BCUT2D eigenvalue weighted by Crippen LogP contribution is 2.39. The molecule has 11 nitrogen and oxygen atoms in total. The summed E-state index contributed by atoms with van der Waals surface area (Å²) in [6.07, 6.45) is 6.06. The normalized spacial score (nSPS) is 15.2. The number of rotatable bonds is 7. The lowest BCUT2D eigenvalue weighted by Gasteiger charge is -2.31. The number of anilines is 2. The van der Waals surface area contributed by atoms with E-state index in [9.17, 15) is 13.6 Å². The third-order valence-corrected chi connectivity index (χ3v) is 6.80. The van der Waals surface area contributed by atoms with Crippen molar-refractivity contribution in [3.8, 4) is 11.5 Å². The third-order valence-electron chi connectivity index (χ3n) is 6.80. The second-order valence-electron chi connectivity index (χ2n) is 9.42. The maximum Gasteiger partial charge on any atom is 0.270 e. The summed E-state index contributed by atoms with van der Waals surface area (Å²) in [4.78, 5) is 35.2. The molecule has 1 aliphatic rings. The molecular formula is C28H22F3N9O2. The van der Waals surface area contributed by atoms with Crippen LogP contribution in [0.15, 0.2) is 68.0 Å². The number of alkyl halides is 2. The van der Waals surface area contributed by atoms with Crippen LogP contribution in [0.3, 0.4) is 0 Å². The van der Waals surface area contributed by atoms with Gasteiger partial charge in [-0.05, 0) is 43.2 Å². The summed E-state index contributed by atoms with van der Waals surface area (Å²) in [6.45, 7) is 5.82. The molecular weight excluding hydrogens is 551 g/mol. The number of nitrogens with zero attached hydrogens (tertiary/aromatic N) is 8. The number of carbonyl (C=O) groups excluding carboxylic acids is 1. The van der Waals surface area contributed by atoms with Crippen LogP contribution in [-0.4, -0.2) is 57.9 Å². The Morgan fingerprint density at radius 1 is 1.19 bits per heavy atom. The number of halogens is 3. The van der Waals surface area contributed by atoms with Crippen molar-refractivity contribution < 1.29 is 22.7 Å². The molecule has 1 aromatic carbocycles. The molecule has 1 N–H and O–H groups in total. The van der Waals surface area contributed by atoms with E-state index in [0.717, 1.165) is 5.57 Å². The second kappa shape index (κ2) is 10.9. The van der Waals surface area contributed by atoms with E-state index < -0.39 is 17.8 Å². The first-order valence-corrected chi connectivity index (χ1v) is 12.8. The largest absolute Gasteiger partial charge is 0.457 e. The van der Waals surface area contributed by atoms with E-state index in [1.807, 2.05) is 13.0 Å². The van der Waals surface area contributed by atoms with Gasteiger partial charge < -0.3 is 15.0 Å². The molecule has 42 heavy (non-hydrogen) atoms. The molecule has 0 aliphatic carbocycles. The van der Waals surface area contributed by atoms with Gasteiger partial charge in [0, 0.05) is 24.8 Å². The molecule has 0 saturated heterocycles. The fraction of sp³-hybridized carbons (Fsp3) is 0.179. The van der Waals surface area contributed by atoms with Gasteiger partial charge in [0.15, 0.2) is 23.1 Å². The Labute approximate surface area is 236 Å². The lowest BCUT2D eigenvalue weighted by atomic mass is 10.0. The average Bonchev–Trinajstić information content (AvgIpc) is 3.46. The first-order valence-electron chi connectivity index (χ1n) is 12.8. The molecule has 1 amide bonds. The summed E-state index contributed by atoms with van der Waals surface area (Å²) >= 11 is 0. The minimum absolute atomic E-state index is 0.0987. The Kier molecular flexibility index (Phi) is 6.94. The van der Waals surface area contributed by atoms with Crippen molar-refractivity contribution >= 4 is 39.7 Å². The van der Waals surface area contributed by atoms with Crippen molar-refractivity contribution in [2.45, 2.75) is 25.8 Å². The van der Waals surface area contributed by atoms with Crippen LogP contribution in [0.5, 0.6) is 11.5 Å². The van der Waals surface area contributed by atoms with Crippen LogP contribution in [0.2, 0.25) is 0 Å². The van der Waals surface area contributed by atoms with Crippen molar-refractivity contribution in [3.05, 3.63) is 85.2 Å². The molecule has 0 radical (unpaired) electrons. The average molecular weight is 574 g/mol. The van der Waals surface area contributed by atoms with Gasteiger partial charge >= 0.3 is 0 Å². The van der Waals surface area contributed by atoms with Crippen LogP contribution in [0.1, 0.15) is 31.2 Å². The van der Waals surface area contributed by atoms with Gasteiger partial charge in [0.2, 0.25) is 5.91 Å². The summed E-state index contributed by atoms with van der Waals surface area (Å²) in [5.41, 5.74) is 0.694. The maximum atomic E-state index is 15.5. The van der Waals surface area contributed by atoms with E-state index in [1.54, 1.807) is 11.1 Å². The monoisotopic (exact) mass is 573 g/mol. The van der Waals surface area contributed by atoms with Gasteiger partial charge in [0.25, 0.3) is 6.43 Å². The fourth-order valence-corrected chi connectivity index (χ4v) is 4.69. The maximum absolute atomic E-state index is 15.5. The van der Waals surface area contributed by atoms with Crippen LogP contribution >= 0.6 is 0 Å². The highest BCUT2D eigenvalue weighted by atomic mass is 19.3. The Hall–Kier alpha value is -5.40. The number of pyridine rings is 1. The van der Waals surface area contributed by atoms with E-state index in [2.05, 4.69) is 41.9 Å². The van der Waals surface area contributed by atoms with Gasteiger partial charge in [-0.3, -0.25) is 4.79 Å². The van der Waals surface area contributed by atoms with Gasteiger partial charge in [-0.2, -0.15) is 5.10 Å². The number of aromatic nitrogens is 7. The molecule has 0 spiro atoms. The molecule has 5 aromatic rings. The van der Waals surface area contributed by atoms with Gasteiger partial charge in [-0.25, -0.2) is 42.6 Å². The molecule has 1 atom stereocenters. The van der Waals surface area contributed by atoms with E-state index >= 15 is 4.39 Å². The number of benzene rings is 1. The number of carbonyl (C=O) groups is 1. The first-order chi connectivity index (χ1) is 20.3. The fourth-order valence-electron chi connectivity index (χ4n) is 4.69. The quantitative estimate of drug-likeness (QED) is 0.260. The zero-order valence-corrected chi connectivity index (χ0v) is 22.1. The van der Waals surface area contributed by atoms with Crippen LogP contribution in [0, 0.1) is 5.82 Å². The second-order valence-corrected chi connectivity index (χ2v) is 9.42. The Morgan fingerprint density at radius 2 is 2.05 bits per heavy atom. The van der Waals surface area contributed by atoms with Crippen molar-refractivity contribution in [3.63, 3.8) is 0 Å². The zero-order chi connectivity index (χ0) is 29.4. The minimum atomic E-state index is -3.18. The molecule has 14 heteroatoms. The summed E-state index contributed by atoms with van der Waals surface area (Å²) < 4.78 is 50.8. The number of hydrogen-bond donors (Lipinski definition) is 1. The molecule has 4 aromatic heterocycles. The standard InChI is InChI=1S/C28H22F3N9O2/c1-3-22(41)39-8-6-16(10-15(39)2)27-32-12-19-25(38-27)28(35-13-33-19)37-18-4-5-20(23(24(18)29)26(30)31)42-17-7-9-40-21(11-17)34-14-36-40/h3-7,9,11-15,26H,1,8,10H2,2H3,(H,33,35,37)/t15-/m0/s1. The number of fused-ring (bicyclic) bond motifs is 2. The van der Waals surface area contributed by atoms with Gasteiger partial charge in [0.1, 0.15) is 35.2 Å². The van der Waals surface area contributed by atoms with Gasteiger partial charge in [-0.1, -0.05) is 12.7 Å². The van der Waals surface area contributed by atoms with Gasteiger partial charge in [0.05, 0.1) is 17.4 Å². The topological polar surface area (TPSA) is 123 Å². The van der Waals surface area contributed by atoms with Crippen molar-refractivity contribution in [2.75, 3.05) is 11.9 Å². The minimum Gasteiger partial charge on any atom is -0.457 e. The number of ether oxygens (including phenoxy) is 1. The van der Waals surface area contributed by atoms with Crippen molar-refractivity contribution in [2.24, 2.45) is 0 Å². The Morgan fingerprint density at radius 3 is 2.83 bits per heavy atom. The highest BCUT2D eigenvalue weighted by molar-refractivity contribution is 5.89. The summed E-state index contributed by atoms with van der Waals surface area (Å²) in [6, 6.07) is 5.41. The number of hydrogen-bond acceptors (Lipinski definition) is 9. The molecule has 0 unspecified atom stereocenters. The molecule has 5 heterocycles. The summed E-state index contributed by atoms with van der Waals surface area (Å²) in [5, 5.41) is 6.75. The predicted molar refractivity (Wildman–Crippen MR) is 147 cm³/mol. The number of nitrogens with one attached hydrogen (secondary N) is 1. The van der Waals surface area contributed by atoms with Crippen LogP contribution in [-0.2, 0) is 4.79 Å². The van der Waals surface area contributed by atoms with E-state index in [1.165, 1.54) is 53.7 Å².